The van der Waals surface area contributed by atoms with Crippen molar-refractivity contribution in [1.82, 2.24) is 10.2 Å². The highest BCUT2D eigenvalue weighted by molar-refractivity contribution is 5.78. The van der Waals surface area contributed by atoms with Gasteiger partial charge in [-0.3, -0.25) is 4.79 Å². The lowest BCUT2D eigenvalue weighted by Crippen LogP contribution is -2.49. The SMILES string of the molecule is C=CCNCC(=O)N1CCC(C)C(OC)C1. The van der Waals surface area contributed by atoms with Gasteiger partial charge in [0.05, 0.1) is 12.6 Å². The summed E-state index contributed by atoms with van der Waals surface area (Å²) in [7, 11) is 1.71. The maximum Gasteiger partial charge on any atom is 0.236 e. The highest BCUT2D eigenvalue weighted by Crippen LogP contribution is 2.19. The summed E-state index contributed by atoms with van der Waals surface area (Å²) >= 11 is 0. The van der Waals surface area contributed by atoms with Gasteiger partial charge in [-0.2, -0.15) is 0 Å². The Balaban J connectivity index is 2.36. The summed E-state index contributed by atoms with van der Waals surface area (Å²) in [6.45, 7) is 8.38. The largest absolute Gasteiger partial charge is 0.379 e. The number of ether oxygens (including phenoxy) is 1. The number of piperidine rings is 1. The number of rotatable bonds is 5. The summed E-state index contributed by atoms with van der Waals surface area (Å²) in [4.78, 5) is 13.7. The Labute approximate surface area is 97.6 Å². The number of likely N-dealkylation sites (tertiary alicyclic amines) is 1. The minimum Gasteiger partial charge on any atom is -0.379 e. The van der Waals surface area contributed by atoms with Gasteiger partial charge in [0.1, 0.15) is 0 Å². The van der Waals surface area contributed by atoms with Gasteiger partial charge in [-0.1, -0.05) is 13.0 Å². The minimum atomic E-state index is 0.149. The van der Waals surface area contributed by atoms with E-state index in [4.69, 9.17) is 4.74 Å². The van der Waals surface area contributed by atoms with Crippen LogP contribution in [-0.2, 0) is 9.53 Å². The molecule has 2 unspecified atom stereocenters. The molecule has 0 aromatic heterocycles. The monoisotopic (exact) mass is 226 g/mol. The van der Waals surface area contributed by atoms with E-state index in [2.05, 4.69) is 18.8 Å². The number of nitrogens with zero attached hydrogens (tertiary/aromatic N) is 1. The first-order chi connectivity index (χ1) is 7.69. The molecule has 0 radical (unpaired) electrons. The molecule has 0 aromatic carbocycles. The third kappa shape index (κ3) is 3.61. The maximum atomic E-state index is 11.8. The van der Waals surface area contributed by atoms with Gasteiger partial charge in [-0.25, -0.2) is 0 Å². The minimum absolute atomic E-state index is 0.149. The Hall–Kier alpha value is -0.870. The lowest BCUT2D eigenvalue weighted by molar-refractivity contribution is -0.135. The second-order valence-electron chi connectivity index (χ2n) is 4.30. The third-order valence-electron chi connectivity index (χ3n) is 3.11. The van der Waals surface area contributed by atoms with Gasteiger partial charge in [-0.05, 0) is 12.3 Å². The van der Waals surface area contributed by atoms with E-state index in [1.54, 1.807) is 13.2 Å². The number of carbonyl (C=O) groups is 1. The summed E-state index contributed by atoms with van der Waals surface area (Å²) in [5.74, 6) is 0.686. The van der Waals surface area contributed by atoms with Crippen molar-refractivity contribution in [3.8, 4) is 0 Å². The molecule has 16 heavy (non-hydrogen) atoms. The van der Waals surface area contributed by atoms with Crippen LogP contribution in [0.4, 0.5) is 0 Å². The molecule has 0 aliphatic carbocycles. The first-order valence-electron chi connectivity index (χ1n) is 5.81. The molecule has 4 heteroatoms. The summed E-state index contributed by atoms with van der Waals surface area (Å²) in [5.41, 5.74) is 0. The average Bonchev–Trinajstić information content (AvgIpc) is 2.30. The van der Waals surface area contributed by atoms with Crippen molar-refractivity contribution in [2.75, 3.05) is 33.3 Å². The predicted molar refractivity (Wildman–Crippen MR) is 64.2 cm³/mol. The molecule has 0 spiro atoms. The third-order valence-corrected chi connectivity index (χ3v) is 3.11. The zero-order chi connectivity index (χ0) is 12.0. The van der Waals surface area contributed by atoms with E-state index in [1.165, 1.54) is 0 Å². The summed E-state index contributed by atoms with van der Waals surface area (Å²) in [6, 6.07) is 0. The van der Waals surface area contributed by atoms with E-state index in [1.807, 2.05) is 4.90 Å². The van der Waals surface area contributed by atoms with Crippen molar-refractivity contribution in [3.63, 3.8) is 0 Å². The van der Waals surface area contributed by atoms with Crippen LogP contribution in [-0.4, -0.2) is 50.2 Å². The van der Waals surface area contributed by atoms with E-state index in [0.29, 0.717) is 25.6 Å². The molecule has 2 atom stereocenters. The number of carbonyl (C=O) groups excluding carboxylic acids is 1. The first-order valence-corrected chi connectivity index (χ1v) is 5.81. The molecule has 0 saturated carbocycles. The van der Waals surface area contributed by atoms with E-state index >= 15 is 0 Å². The number of hydrogen-bond acceptors (Lipinski definition) is 3. The Kier molecular flexibility index (Phi) is 5.49. The Morgan fingerprint density at radius 1 is 1.69 bits per heavy atom. The molecule has 1 aliphatic heterocycles. The summed E-state index contributed by atoms with van der Waals surface area (Å²) in [6.07, 6.45) is 2.95. The fourth-order valence-electron chi connectivity index (χ4n) is 1.96. The molecule has 1 saturated heterocycles. The van der Waals surface area contributed by atoms with Crippen LogP contribution < -0.4 is 5.32 Å². The van der Waals surface area contributed by atoms with Crippen LogP contribution in [0.1, 0.15) is 13.3 Å². The van der Waals surface area contributed by atoms with Gasteiger partial charge in [0.25, 0.3) is 0 Å². The smallest absolute Gasteiger partial charge is 0.236 e. The second kappa shape index (κ2) is 6.66. The lowest BCUT2D eigenvalue weighted by Gasteiger charge is -2.36. The number of amides is 1. The number of methoxy groups -OCH3 is 1. The van der Waals surface area contributed by atoms with Crippen molar-refractivity contribution in [2.24, 2.45) is 5.92 Å². The molecule has 1 aliphatic rings. The van der Waals surface area contributed by atoms with Gasteiger partial charge >= 0.3 is 0 Å². The second-order valence-corrected chi connectivity index (χ2v) is 4.30. The fourth-order valence-corrected chi connectivity index (χ4v) is 1.96. The van der Waals surface area contributed by atoms with Gasteiger partial charge in [0, 0.05) is 26.7 Å². The highest BCUT2D eigenvalue weighted by atomic mass is 16.5. The van der Waals surface area contributed by atoms with E-state index in [9.17, 15) is 4.79 Å². The molecule has 4 nitrogen and oxygen atoms in total. The number of hydrogen-bond donors (Lipinski definition) is 1. The van der Waals surface area contributed by atoms with Crippen LogP contribution in [0.25, 0.3) is 0 Å². The molecule has 1 fully saturated rings. The van der Waals surface area contributed by atoms with Crippen molar-refractivity contribution in [3.05, 3.63) is 12.7 Å². The number of nitrogens with one attached hydrogen (secondary N) is 1. The quantitative estimate of drug-likeness (QED) is 0.553. The van der Waals surface area contributed by atoms with Crippen molar-refractivity contribution >= 4 is 5.91 Å². The van der Waals surface area contributed by atoms with Gasteiger partial charge in [0.2, 0.25) is 5.91 Å². The van der Waals surface area contributed by atoms with Crippen LogP contribution >= 0.6 is 0 Å². The Morgan fingerprint density at radius 2 is 2.44 bits per heavy atom. The van der Waals surface area contributed by atoms with E-state index < -0.39 is 0 Å². The standard InChI is InChI=1S/C12H22N2O2/c1-4-6-13-8-12(15)14-7-5-10(2)11(9-14)16-3/h4,10-11,13H,1,5-9H2,2-3H3. The zero-order valence-electron chi connectivity index (χ0n) is 10.2. The van der Waals surface area contributed by atoms with Crippen LogP contribution in [0.5, 0.6) is 0 Å². The van der Waals surface area contributed by atoms with Gasteiger partial charge < -0.3 is 15.0 Å². The molecular formula is C12H22N2O2. The van der Waals surface area contributed by atoms with E-state index in [0.717, 1.165) is 13.0 Å². The normalized spacial score (nSPS) is 25.5. The van der Waals surface area contributed by atoms with E-state index in [-0.39, 0.29) is 12.0 Å². The molecule has 1 heterocycles. The average molecular weight is 226 g/mol. The van der Waals surface area contributed by atoms with Gasteiger partial charge in [-0.15, -0.1) is 6.58 Å². The molecule has 1 amide bonds. The predicted octanol–water partition coefficient (Wildman–Crippen LogP) is 0.645. The molecule has 1 N–H and O–H groups in total. The summed E-state index contributed by atoms with van der Waals surface area (Å²) < 4.78 is 5.38. The Morgan fingerprint density at radius 3 is 3.06 bits per heavy atom. The van der Waals surface area contributed by atoms with Crippen molar-refractivity contribution in [1.29, 1.82) is 0 Å². The lowest BCUT2D eigenvalue weighted by atomic mass is 9.96. The van der Waals surface area contributed by atoms with Gasteiger partial charge in [0.15, 0.2) is 0 Å². The fraction of sp³-hybridized carbons (Fsp3) is 0.750. The van der Waals surface area contributed by atoms with Crippen LogP contribution in [0, 0.1) is 5.92 Å². The topological polar surface area (TPSA) is 41.6 Å². The van der Waals surface area contributed by atoms with Crippen LogP contribution in [0.2, 0.25) is 0 Å². The highest BCUT2D eigenvalue weighted by Gasteiger charge is 2.28. The van der Waals surface area contributed by atoms with Crippen LogP contribution in [0.3, 0.4) is 0 Å². The molecule has 0 bridgehead atoms. The molecule has 1 rings (SSSR count). The maximum absolute atomic E-state index is 11.8. The molecule has 92 valence electrons. The molecular weight excluding hydrogens is 204 g/mol. The van der Waals surface area contributed by atoms with Crippen LogP contribution in [0.15, 0.2) is 12.7 Å². The molecule has 0 aromatic rings. The van der Waals surface area contributed by atoms with Crippen molar-refractivity contribution in [2.45, 2.75) is 19.4 Å². The zero-order valence-corrected chi connectivity index (χ0v) is 10.2. The first kappa shape index (κ1) is 13.2. The van der Waals surface area contributed by atoms with Crippen molar-refractivity contribution < 1.29 is 9.53 Å². The Bertz CT molecular complexity index is 243. The summed E-state index contributed by atoms with van der Waals surface area (Å²) in [5, 5.41) is 3.03.